The number of thiazole rings is 1. The number of carbonyl (C=O) groups is 1. The Labute approximate surface area is 187 Å². The van der Waals surface area contributed by atoms with Crippen molar-refractivity contribution in [2.45, 2.75) is 44.8 Å². The van der Waals surface area contributed by atoms with Gasteiger partial charge in [0.25, 0.3) is 5.91 Å². The molecule has 0 radical (unpaired) electrons. The van der Waals surface area contributed by atoms with Gasteiger partial charge in [0, 0.05) is 46.2 Å². The third kappa shape index (κ3) is 5.63. The normalized spacial score (nSPS) is 16.7. The van der Waals surface area contributed by atoms with E-state index >= 15 is 0 Å². The molecule has 0 aliphatic carbocycles. The molecule has 1 unspecified atom stereocenters. The molecule has 3 aromatic rings. The molecule has 1 saturated heterocycles. The van der Waals surface area contributed by atoms with Gasteiger partial charge in [0.15, 0.2) is 4.96 Å². The van der Waals surface area contributed by atoms with Crippen molar-refractivity contribution in [2.24, 2.45) is 0 Å². The quantitative estimate of drug-likeness (QED) is 0.457. The highest BCUT2D eigenvalue weighted by molar-refractivity contribution is 7.18. The number of nitrogens with one attached hydrogen (secondary N) is 1. The van der Waals surface area contributed by atoms with Crippen molar-refractivity contribution in [3.8, 4) is 0 Å². The van der Waals surface area contributed by atoms with Crippen LogP contribution in [-0.4, -0.2) is 66.8 Å². The van der Waals surface area contributed by atoms with Gasteiger partial charge in [-0.1, -0.05) is 17.4 Å². The van der Waals surface area contributed by atoms with E-state index in [1.165, 1.54) is 29.7 Å². The number of benzene rings is 1. The molecule has 8 heteroatoms. The molecule has 1 atom stereocenters. The molecule has 0 bridgehead atoms. The van der Waals surface area contributed by atoms with Crippen molar-refractivity contribution in [3.63, 3.8) is 0 Å². The number of nitrogens with zero attached hydrogens (tertiary/aromatic N) is 3. The first-order valence-corrected chi connectivity index (χ1v) is 11.9. The topological polar surface area (TPSA) is 68.1 Å². The number of aromatic nitrogens is 2. The van der Waals surface area contributed by atoms with E-state index in [0.29, 0.717) is 17.5 Å². The molecule has 1 aromatic carbocycles. The van der Waals surface area contributed by atoms with Crippen LogP contribution >= 0.6 is 11.3 Å². The summed E-state index contributed by atoms with van der Waals surface area (Å²) in [7, 11) is 3.85. The van der Waals surface area contributed by atoms with Crippen molar-refractivity contribution in [3.05, 3.63) is 34.8 Å². The molecule has 1 N–H and O–H groups in total. The summed E-state index contributed by atoms with van der Waals surface area (Å²) in [6.07, 6.45) is 7.66. The van der Waals surface area contributed by atoms with Crippen LogP contribution in [0.1, 0.15) is 47.3 Å². The lowest BCUT2D eigenvalue weighted by atomic mass is 10.1. The zero-order chi connectivity index (χ0) is 21.6. The van der Waals surface area contributed by atoms with Gasteiger partial charge in [0.2, 0.25) is 0 Å². The predicted molar refractivity (Wildman–Crippen MR) is 124 cm³/mol. The Balaban J connectivity index is 1.39. The first-order chi connectivity index (χ1) is 15.1. The minimum absolute atomic E-state index is 0.0360. The summed E-state index contributed by atoms with van der Waals surface area (Å²) >= 11 is 1.43. The molecule has 4 rings (SSSR count). The average molecular weight is 445 g/mol. The van der Waals surface area contributed by atoms with Crippen molar-refractivity contribution >= 4 is 33.2 Å². The van der Waals surface area contributed by atoms with E-state index in [1.807, 2.05) is 10.6 Å². The van der Waals surface area contributed by atoms with E-state index in [4.69, 9.17) is 14.5 Å². The minimum atomic E-state index is -0.0360. The summed E-state index contributed by atoms with van der Waals surface area (Å²) in [6.45, 7) is 4.20. The van der Waals surface area contributed by atoms with Crippen LogP contribution in [-0.2, 0) is 16.0 Å². The summed E-state index contributed by atoms with van der Waals surface area (Å²) < 4.78 is 12.8. The van der Waals surface area contributed by atoms with E-state index in [2.05, 4.69) is 35.5 Å². The molecule has 31 heavy (non-hydrogen) atoms. The van der Waals surface area contributed by atoms with Gasteiger partial charge < -0.3 is 19.7 Å². The molecule has 0 saturated carbocycles. The van der Waals surface area contributed by atoms with Crippen LogP contribution in [0.2, 0.25) is 0 Å². The highest BCUT2D eigenvalue weighted by atomic mass is 32.1. The maximum Gasteiger partial charge on any atom is 0.263 e. The molecule has 3 heterocycles. The van der Waals surface area contributed by atoms with Gasteiger partial charge in [-0.25, -0.2) is 4.98 Å². The lowest BCUT2D eigenvalue weighted by molar-refractivity contribution is 0.0943. The van der Waals surface area contributed by atoms with Gasteiger partial charge in [0.05, 0.1) is 17.1 Å². The van der Waals surface area contributed by atoms with Gasteiger partial charge in [0.1, 0.15) is 4.88 Å². The average Bonchev–Trinajstić information content (AvgIpc) is 3.48. The van der Waals surface area contributed by atoms with Crippen LogP contribution in [0.5, 0.6) is 0 Å². The largest absolute Gasteiger partial charge is 0.385 e. The van der Waals surface area contributed by atoms with Gasteiger partial charge in [-0.3, -0.25) is 9.20 Å². The number of methoxy groups -OCH3 is 1. The van der Waals surface area contributed by atoms with E-state index in [1.54, 1.807) is 7.11 Å². The van der Waals surface area contributed by atoms with Gasteiger partial charge in [-0.2, -0.15) is 0 Å². The van der Waals surface area contributed by atoms with E-state index in [9.17, 15) is 4.79 Å². The highest BCUT2D eigenvalue weighted by Crippen LogP contribution is 2.25. The number of hydrogen-bond donors (Lipinski definition) is 1. The van der Waals surface area contributed by atoms with Crippen molar-refractivity contribution in [2.75, 3.05) is 40.5 Å². The lowest BCUT2D eigenvalue weighted by Crippen LogP contribution is -2.23. The summed E-state index contributed by atoms with van der Waals surface area (Å²) in [5.41, 5.74) is 3.26. The third-order valence-corrected chi connectivity index (χ3v) is 6.74. The molecular formula is C23H32N4O3S. The Hall–Kier alpha value is -2.00. The number of hydrogen-bond acceptors (Lipinski definition) is 6. The number of fused-ring (bicyclic) bond motifs is 3. The molecular weight excluding hydrogens is 412 g/mol. The number of rotatable bonds is 11. The standard InChI is InChI=1S/C23H32N4O3S/c1-26(11-9-18-6-5-13-30-18)15-17-7-8-19-20(14-17)27-16-21(31-23(27)25-19)22(28)24-10-3-4-12-29-2/h7-8,14,16,18H,3-6,9-13,15H2,1-2H3,(H,24,28). The monoisotopic (exact) mass is 444 g/mol. The van der Waals surface area contributed by atoms with Crippen LogP contribution in [0.15, 0.2) is 24.4 Å². The minimum Gasteiger partial charge on any atom is -0.385 e. The SMILES string of the molecule is COCCCCNC(=O)c1cn2c(nc3ccc(CN(C)CCC4CCCO4)cc32)s1. The van der Waals surface area contributed by atoms with E-state index in [0.717, 1.165) is 61.6 Å². The summed E-state index contributed by atoms with van der Waals surface area (Å²) in [5, 5.41) is 2.99. The van der Waals surface area contributed by atoms with Gasteiger partial charge in [-0.05, 0) is 56.8 Å². The fraction of sp³-hybridized carbons (Fsp3) is 0.565. The Kier molecular flexibility index (Phi) is 7.55. The van der Waals surface area contributed by atoms with E-state index < -0.39 is 0 Å². The maximum atomic E-state index is 12.5. The fourth-order valence-corrected chi connectivity index (χ4v) is 4.96. The second-order valence-corrected chi connectivity index (χ2v) is 9.31. The summed E-state index contributed by atoms with van der Waals surface area (Å²) in [4.78, 5) is 21.1. The van der Waals surface area contributed by atoms with Crippen LogP contribution in [0.3, 0.4) is 0 Å². The van der Waals surface area contributed by atoms with Crippen molar-refractivity contribution in [1.82, 2.24) is 19.6 Å². The number of imidazole rings is 1. The number of unbranched alkanes of at least 4 members (excludes halogenated alkanes) is 1. The fourth-order valence-electron chi connectivity index (χ4n) is 4.05. The molecule has 1 amide bonds. The number of ether oxygens (including phenoxy) is 2. The lowest BCUT2D eigenvalue weighted by Gasteiger charge is -2.19. The van der Waals surface area contributed by atoms with Gasteiger partial charge >= 0.3 is 0 Å². The Morgan fingerprint density at radius 2 is 2.32 bits per heavy atom. The molecule has 7 nitrogen and oxygen atoms in total. The molecule has 1 aliphatic rings. The zero-order valence-corrected chi connectivity index (χ0v) is 19.2. The molecule has 1 fully saturated rings. The maximum absolute atomic E-state index is 12.5. The second-order valence-electron chi connectivity index (χ2n) is 8.30. The first kappa shape index (κ1) is 22.2. The van der Waals surface area contributed by atoms with Crippen LogP contribution in [0.25, 0.3) is 16.0 Å². The smallest absolute Gasteiger partial charge is 0.263 e. The summed E-state index contributed by atoms with van der Waals surface area (Å²) in [6, 6.07) is 6.42. The third-order valence-electron chi connectivity index (χ3n) is 5.76. The molecule has 168 valence electrons. The van der Waals surface area contributed by atoms with Crippen molar-refractivity contribution < 1.29 is 14.3 Å². The molecule has 0 spiro atoms. The van der Waals surface area contributed by atoms with Crippen LogP contribution in [0.4, 0.5) is 0 Å². The van der Waals surface area contributed by atoms with E-state index in [-0.39, 0.29) is 5.91 Å². The van der Waals surface area contributed by atoms with Crippen LogP contribution < -0.4 is 5.32 Å². The highest BCUT2D eigenvalue weighted by Gasteiger charge is 2.17. The van der Waals surface area contributed by atoms with Gasteiger partial charge in [-0.15, -0.1) is 0 Å². The van der Waals surface area contributed by atoms with Crippen molar-refractivity contribution in [1.29, 1.82) is 0 Å². The predicted octanol–water partition coefficient (Wildman–Crippen LogP) is 3.71. The van der Waals surface area contributed by atoms with Crippen LogP contribution in [0, 0.1) is 0 Å². The summed E-state index contributed by atoms with van der Waals surface area (Å²) in [5.74, 6) is -0.0360. The Morgan fingerprint density at radius 1 is 1.42 bits per heavy atom. The number of carbonyl (C=O) groups excluding carboxylic acids is 1. The zero-order valence-electron chi connectivity index (χ0n) is 18.4. The molecule has 1 aliphatic heterocycles. The molecule has 2 aromatic heterocycles. The number of amides is 1. The Bertz CT molecular complexity index is 1010. The Morgan fingerprint density at radius 3 is 3.13 bits per heavy atom. The second kappa shape index (κ2) is 10.5. The first-order valence-electron chi connectivity index (χ1n) is 11.1.